The number of methoxy groups -OCH3 is 1. The molecule has 3 heteroatoms. The Balaban J connectivity index is 2.27. The topological polar surface area (TPSA) is 24.5 Å². The van der Waals surface area contributed by atoms with Gasteiger partial charge in [0.1, 0.15) is 0 Å². The zero-order valence-electron chi connectivity index (χ0n) is 10.6. The van der Waals surface area contributed by atoms with Crippen molar-refractivity contribution in [1.82, 2.24) is 10.2 Å². The highest BCUT2D eigenvalue weighted by Crippen LogP contribution is 2.11. The summed E-state index contributed by atoms with van der Waals surface area (Å²) in [6.45, 7) is 11.3. The second-order valence-corrected chi connectivity index (χ2v) is 4.94. The van der Waals surface area contributed by atoms with E-state index in [4.69, 9.17) is 4.74 Å². The Bertz CT molecular complexity index is 173. The maximum Gasteiger partial charge on any atom is 0.0711 e. The van der Waals surface area contributed by atoms with Crippen LogP contribution < -0.4 is 5.32 Å². The largest absolute Gasteiger partial charge is 0.380 e. The molecule has 1 aliphatic rings. The highest BCUT2D eigenvalue weighted by atomic mass is 16.5. The molecule has 1 N–H and O–H groups in total. The van der Waals surface area contributed by atoms with Gasteiger partial charge in [0.05, 0.1) is 6.10 Å². The number of nitrogens with one attached hydrogen (secondary N) is 1. The van der Waals surface area contributed by atoms with Gasteiger partial charge in [-0.1, -0.05) is 20.8 Å². The van der Waals surface area contributed by atoms with Crippen LogP contribution >= 0.6 is 0 Å². The fraction of sp³-hybridized carbons (Fsp3) is 1.00. The summed E-state index contributed by atoms with van der Waals surface area (Å²) < 4.78 is 5.36. The SMILES string of the molecule is CCN(CC(C)C)C[C@@H]1C[C@H](OC)CN1. The summed E-state index contributed by atoms with van der Waals surface area (Å²) in [5.74, 6) is 0.754. The second kappa shape index (κ2) is 6.46. The van der Waals surface area contributed by atoms with Crippen LogP contribution in [0.1, 0.15) is 27.2 Å². The molecule has 1 heterocycles. The van der Waals surface area contributed by atoms with E-state index in [9.17, 15) is 0 Å². The molecule has 1 fully saturated rings. The van der Waals surface area contributed by atoms with E-state index in [1.54, 1.807) is 7.11 Å². The summed E-state index contributed by atoms with van der Waals surface area (Å²) in [7, 11) is 1.81. The lowest BCUT2D eigenvalue weighted by Gasteiger charge is -2.25. The highest BCUT2D eigenvalue weighted by Gasteiger charge is 2.25. The number of nitrogens with zero attached hydrogens (tertiary/aromatic N) is 1. The van der Waals surface area contributed by atoms with Gasteiger partial charge in [0, 0.05) is 32.8 Å². The summed E-state index contributed by atoms with van der Waals surface area (Å²) in [5, 5.41) is 3.53. The zero-order chi connectivity index (χ0) is 11.3. The molecule has 1 aliphatic heterocycles. The summed E-state index contributed by atoms with van der Waals surface area (Å²) in [4.78, 5) is 2.53. The minimum absolute atomic E-state index is 0.424. The monoisotopic (exact) mass is 214 g/mol. The minimum Gasteiger partial charge on any atom is -0.380 e. The summed E-state index contributed by atoms with van der Waals surface area (Å²) in [5.41, 5.74) is 0. The average Bonchev–Trinajstić information content (AvgIpc) is 2.64. The van der Waals surface area contributed by atoms with Crippen LogP contribution in [-0.2, 0) is 4.74 Å². The fourth-order valence-electron chi connectivity index (χ4n) is 2.26. The molecular weight excluding hydrogens is 188 g/mol. The lowest BCUT2D eigenvalue weighted by atomic mass is 10.1. The first kappa shape index (κ1) is 12.9. The van der Waals surface area contributed by atoms with Crippen LogP contribution in [0.15, 0.2) is 0 Å². The summed E-state index contributed by atoms with van der Waals surface area (Å²) >= 11 is 0. The van der Waals surface area contributed by atoms with Gasteiger partial charge in [-0.05, 0) is 18.9 Å². The summed E-state index contributed by atoms with van der Waals surface area (Å²) in [6, 6.07) is 0.619. The quantitative estimate of drug-likeness (QED) is 0.722. The molecule has 0 unspecified atom stereocenters. The van der Waals surface area contributed by atoms with Gasteiger partial charge in [-0.25, -0.2) is 0 Å². The molecule has 90 valence electrons. The number of hydrogen-bond acceptors (Lipinski definition) is 3. The first-order valence-electron chi connectivity index (χ1n) is 6.14. The number of hydrogen-bond donors (Lipinski definition) is 1. The Morgan fingerprint density at radius 1 is 1.47 bits per heavy atom. The lowest BCUT2D eigenvalue weighted by Crippen LogP contribution is -2.39. The van der Waals surface area contributed by atoms with E-state index in [0.717, 1.165) is 32.0 Å². The van der Waals surface area contributed by atoms with Gasteiger partial charge in [-0.3, -0.25) is 0 Å². The molecule has 0 amide bonds. The molecule has 0 aromatic carbocycles. The third kappa shape index (κ3) is 4.49. The van der Waals surface area contributed by atoms with Crippen LogP contribution in [0.4, 0.5) is 0 Å². The van der Waals surface area contributed by atoms with Gasteiger partial charge in [0.15, 0.2) is 0 Å². The van der Waals surface area contributed by atoms with E-state index >= 15 is 0 Å². The molecule has 0 aromatic rings. The van der Waals surface area contributed by atoms with Crippen LogP contribution in [0, 0.1) is 5.92 Å². The first-order chi connectivity index (χ1) is 7.15. The first-order valence-corrected chi connectivity index (χ1v) is 6.14. The predicted molar refractivity (Wildman–Crippen MR) is 64.2 cm³/mol. The second-order valence-electron chi connectivity index (χ2n) is 4.94. The minimum atomic E-state index is 0.424. The standard InChI is InChI=1S/C12H26N2O/c1-5-14(8-10(2)3)9-11-6-12(15-4)7-13-11/h10-13H,5-9H2,1-4H3/t11-,12-/m0/s1. The molecule has 0 saturated carbocycles. The van der Waals surface area contributed by atoms with Crippen LogP contribution in [0.2, 0.25) is 0 Å². The molecular formula is C12H26N2O. The van der Waals surface area contributed by atoms with Crippen molar-refractivity contribution in [3.8, 4) is 0 Å². The Morgan fingerprint density at radius 3 is 2.67 bits per heavy atom. The molecule has 2 atom stereocenters. The van der Waals surface area contributed by atoms with Crippen molar-refractivity contribution in [2.24, 2.45) is 5.92 Å². The molecule has 1 rings (SSSR count). The van der Waals surface area contributed by atoms with Crippen LogP contribution in [0.5, 0.6) is 0 Å². The van der Waals surface area contributed by atoms with Crippen LogP contribution in [0.3, 0.4) is 0 Å². The smallest absolute Gasteiger partial charge is 0.0711 e. The van der Waals surface area contributed by atoms with E-state index in [2.05, 4.69) is 31.0 Å². The fourth-order valence-corrected chi connectivity index (χ4v) is 2.26. The van der Waals surface area contributed by atoms with Gasteiger partial charge in [-0.15, -0.1) is 0 Å². The maximum atomic E-state index is 5.36. The predicted octanol–water partition coefficient (Wildman–Crippen LogP) is 1.34. The Morgan fingerprint density at radius 2 is 2.20 bits per heavy atom. The van der Waals surface area contributed by atoms with Crippen molar-refractivity contribution in [3.05, 3.63) is 0 Å². The molecule has 0 radical (unpaired) electrons. The average molecular weight is 214 g/mol. The molecule has 15 heavy (non-hydrogen) atoms. The molecule has 3 nitrogen and oxygen atoms in total. The maximum absolute atomic E-state index is 5.36. The van der Waals surface area contributed by atoms with Gasteiger partial charge in [0.25, 0.3) is 0 Å². The Labute approximate surface area is 94.2 Å². The van der Waals surface area contributed by atoms with Crippen molar-refractivity contribution >= 4 is 0 Å². The van der Waals surface area contributed by atoms with Gasteiger partial charge in [-0.2, -0.15) is 0 Å². The van der Waals surface area contributed by atoms with Crippen molar-refractivity contribution in [1.29, 1.82) is 0 Å². The number of ether oxygens (including phenoxy) is 1. The zero-order valence-corrected chi connectivity index (χ0v) is 10.6. The van der Waals surface area contributed by atoms with Crippen molar-refractivity contribution in [2.75, 3.05) is 33.3 Å². The Hall–Kier alpha value is -0.120. The van der Waals surface area contributed by atoms with Crippen LogP contribution in [-0.4, -0.2) is 50.3 Å². The van der Waals surface area contributed by atoms with E-state index in [1.807, 2.05) is 0 Å². The summed E-state index contributed by atoms with van der Waals surface area (Å²) in [6.07, 6.45) is 1.58. The van der Waals surface area contributed by atoms with E-state index in [-0.39, 0.29) is 0 Å². The van der Waals surface area contributed by atoms with Gasteiger partial charge >= 0.3 is 0 Å². The molecule has 1 saturated heterocycles. The molecule has 0 aromatic heterocycles. The molecule has 0 spiro atoms. The highest BCUT2D eigenvalue weighted by molar-refractivity contribution is 4.84. The van der Waals surface area contributed by atoms with Crippen molar-refractivity contribution in [2.45, 2.75) is 39.3 Å². The lowest BCUT2D eigenvalue weighted by molar-refractivity contribution is 0.115. The normalized spacial score (nSPS) is 26.8. The molecule has 0 aliphatic carbocycles. The van der Waals surface area contributed by atoms with E-state index in [1.165, 1.54) is 6.54 Å². The van der Waals surface area contributed by atoms with Crippen molar-refractivity contribution in [3.63, 3.8) is 0 Å². The van der Waals surface area contributed by atoms with E-state index < -0.39 is 0 Å². The molecule has 0 bridgehead atoms. The van der Waals surface area contributed by atoms with Gasteiger partial charge in [0.2, 0.25) is 0 Å². The van der Waals surface area contributed by atoms with Crippen LogP contribution in [0.25, 0.3) is 0 Å². The van der Waals surface area contributed by atoms with Gasteiger partial charge < -0.3 is 15.0 Å². The number of rotatable bonds is 6. The third-order valence-electron chi connectivity index (χ3n) is 3.06. The van der Waals surface area contributed by atoms with Crippen molar-refractivity contribution < 1.29 is 4.74 Å². The Kier molecular flexibility index (Phi) is 5.58. The number of likely N-dealkylation sites (N-methyl/N-ethyl adjacent to an activating group) is 1. The third-order valence-corrected chi connectivity index (χ3v) is 3.06. The van der Waals surface area contributed by atoms with E-state index in [0.29, 0.717) is 12.1 Å².